The fraction of sp³-hybridized carbons (Fsp3) is 0.400. The first kappa shape index (κ1) is 10.9. The van der Waals surface area contributed by atoms with Crippen molar-refractivity contribution in [1.82, 2.24) is 25.4 Å². The van der Waals surface area contributed by atoms with E-state index in [2.05, 4.69) is 39.2 Å². The van der Waals surface area contributed by atoms with E-state index in [1.807, 2.05) is 6.07 Å². The Labute approximate surface area is 98.3 Å². The molecule has 6 heteroatoms. The van der Waals surface area contributed by atoms with Gasteiger partial charge in [-0.15, -0.1) is 0 Å². The highest BCUT2D eigenvalue weighted by atomic mass is 32.1. The summed E-state index contributed by atoms with van der Waals surface area (Å²) in [5, 5.41) is 10.3. The topological polar surface area (TPSA) is 70.2 Å². The minimum absolute atomic E-state index is 0.568. The standard InChI is InChI=1S/C10H13N5S/c1-6(2)3-7-4-9(16)13-10(12-7)8-5-11-15-14-8/h4-6H,3H2,1-2H3,(H,11,14,15)(H,12,13,16). The summed E-state index contributed by atoms with van der Waals surface area (Å²) in [4.78, 5) is 7.44. The van der Waals surface area contributed by atoms with Crippen molar-refractivity contribution in [2.45, 2.75) is 20.3 Å². The second-order valence-electron chi connectivity index (χ2n) is 4.05. The van der Waals surface area contributed by atoms with Crippen molar-refractivity contribution in [2.75, 3.05) is 0 Å². The van der Waals surface area contributed by atoms with Crippen molar-refractivity contribution < 1.29 is 0 Å². The maximum absolute atomic E-state index is 5.12. The van der Waals surface area contributed by atoms with Crippen molar-refractivity contribution >= 4 is 12.2 Å². The average molecular weight is 235 g/mol. The van der Waals surface area contributed by atoms with Gasteiger partial charge >= 0.3 is 0 Å². The fourth-order valence-electron chi connectivity index (χ4n) is 1.49. The van der Waals surface area contributed by atoms with Crippen LogP contribution >= 0.6 is 12.2 Å². The van der Waals surface area contributed by atoms with E-state index < -0.39 is 0 Å². The van der Waals surface area contributed by atoms with Crippen molar-refractivity contribution in [1.29, 1.82) is 0 Å². The number of H-pyrrole nitrogens is 2. The Morgan fingerprint density at radius 3 is 2.88 bits per heavy atom. The zero-order valence-corrected chi connectivity index (χ0v) is 10.0. The number of hydrogen-bond acceptors (Lipinski definition) is 4. The molecule has 2 N–H and O–H groups in total. The normalized spacial score (nSPS) is 10.9. The Hall–Kier alpha value is -1.56. The van der Waals surface area contributed by atoms with Gasteiger partial charge in [0.15, 0.2) is 5.82 Å². The lowest BCUT2D eigenvalue weighted by molar-refractivity contribution is 0.634. The predicted molar refractivity (Wildman–Crippen MR) is 63.3 cm³/mol. The van der Waals surface area contributed by atoms with Crippen LogP contribution in [0.15, 0.2) is 12.3 Å². The van der Waals surface area contributed by atoms with Crippen LogP contribution in [0.1, 0.15) is 19.5 Å². The number of hydrogen-bond donors (Lipinski definition) is 2. The second kappa shape index (κ2) is 4.52. The van der Waals surface area contributed by atoms with E-state index in [1.54, 1.807) is 6.20 Å². The first-order valence-electron chi connectivity index (χ1n) is 5.11. The summed E-state index contributed by atoms with van der Waals surface area (Å²) in [6, 6.07) is 1.89. The Kier molecular flexibility index (Phi) is 3.09. The molecule has 2 aromatic heterocycles. The third-order valence-corrected chi connectivity index (χ3v) is 2.29. The van der Waals surface area contributed by atoms with Crippen LogP contribution in [0.2, 0.25) is 0 Å². The molecule has 0 radical (unpaired) electrons. The third kappa shape index (κ3) is 2.52. The fourth-order valence-corrected chi connectivity index (χ4v) is 1.73. The molecule has 84 valence electrons. The van der Waals surface area contributed by atoms with Gasteiger partial charge in [-0.2, -0.15) is 15.4 Å². The van der Waals surface area contributed by atoms with Gasteiger partial charge in [-0.05, 0) is 18.4 Å². The van der Waals surface area contributed by atoms with Gasteiger partial charge in [-0.1, -0.05) is 26.1 Å². The molecule has 0 aliphatic rings. The van der Waals surface area contributed by atoms with Gasteiger partial charge in [0, 0.05) is 5.69 Å². The first-order chi connectivity index (χ1) is 7.65. The van der Waals surface area contributed by atoms with Crippen LogP contribution in [0.25, 0.3) is 11.5 Å². The molecule has 0 saturated carbocycles. The molecule has 0 aliphatic heterocycles. The van der Waals surface area contributed by atoms with Crippen LogP contribution in [0.5, 0.6) is 0 Å². The van der Waals surface area contributed by atoms with Gasteiger partial charge in [0.05, 0.1) is 6.20 Å². The molecule has 16 heavy (non-hydrogen) atoms. The second-order valence-corrected chi connectivity index (χ2v) is 4.46. The molecule has 0 amide bonds. The van der Waals surface area contributed by atoms with E-state index in [0.717, 1.165) is 12.1 Å². The lowest BCUT2D eigenvalue weighted by Crippen LogP contribution is -2.00. The molecule has 0 saturated heterocycles. The Balaban J connectivity index is 2.40. The highest BCUT2D eigenvalue weighted by Crippen LogP contribution is 2.12. The van der Waals surface area contributed by atoms with Crippen LogP contribution in [0.3, 0.4) is 0 Å². The number of aromatic amines is 2. The summed E-state index contributed by atoms with van der Waals surface area (Å²) in [7, 11) is 0. The summed E-state index contributed by atoms with van der Waals surface area (Å²) in [6.45, 7) is 4.32. The highest BCUT2D eigenvalue weighted by Gasteiger charge is 2.06. The number of nitrogens with zero attached hydrogens (tertiary/aromatic N) is 3. The van der Waals surface area contributed by atoms with Gasteiger partial charge in [-0.25, -0.2) is 4.98 Å². The first-order valence-corrected chi connectivity index (χ1v) is 5.52. The van der Waals surface area contributed by atoms with E-state index in [1.165, 1.54) is 0 Å². The average Bonchev–Trinajstić information content (AvgIpc) is 2.67. The minimum Gasteiger partial charge on any atom is -0.342 e. The molecule has 0 aromatic carbocycles. The summed E-state index contributed by atoms with van der Waals surface area (Å²) in [5.41, 5.74) is 1.75. The molecular formula is C10H13N5S. The summed E-state index contributed by atoms with van der Waals surface area (Å²) >= 11 is 5.12. The Morgan fingerprint density at radius 2 is 2.25 bits per heavy atom. The lowest BCUT2D eigenvalue weighted by atomic mass is 10.1. The molecule has 5 nitrogen and oxygen atoms in total. The molecular weight excluding hydrogens is 222 g/mol. The molecule has 0 unspecified atom stereocenters. The summed E-state index contributed by atoms with van der Waals surface area (Å²) in [5.74, 6) is 1.23. The van der Waals surface area contributed by atoms with Gasteiger partial charge in [0.1, 0.15) is 10.3 Å². The molecule has 0 aliphatic carbocycles. The molecule has 2 heterocycles. The monoisotopic (exact) mass is 235 g/mol. The quantitative estimate of drug-likeness (QED) is 0.799. The number of rotatable bonds is 3. The van der Waals surface area contributed by atoms with Crippen LogP contribution in [0.4, 0.5) is 0 Å². The van der Waals surface area contributed by atoms with Crippen LogP contribution in [-0.4, -0.2) is 25.4 Å². The summed E-state index contributed by atoms with van der Waals surface area (Å²) in [6.07, 6.45) is 2.56. The van der Waals surface area contributed by atoms with E-state index >= 15 is 0 Å². The Bertz CT molecular complexity index is 514. The number of aromatic nitrogens is 5. The zero-order valence-electron chi connectivity index (χ0n) is 9.19. The van der Waals surface area contributed by atoms with Crippen molar-refractivity contribution in [3.63, 3.8) is 0 Å². The summed E-state index contributed by atoms with van der Waals surface area (Å²) < 4.78 is 0.576. The van der Waals surface area contributed by atoms with E-state index in [4.69, 9.17) is 12.2 Å². The predicted octanol–water partition coefficient (Wildman–Crippen LogP) is 2.12. The molecule has 2 rings (SSSR count). The number of nitrogens with one attached hydrogen (secondary N) is 2. The highest BCUT2D eigenvalue weighted by molar-refractivity contribution is 7.71. The molecule has 0 atom stereocenters. The molecule has 0 spiro atoms. The lowest BCUT2D eigenvalue weighted by Gasteiger charge is -2.06. The van der Waals surface area contributed by atoms with Crippen LogP contribution in [-0.2, 0) is 6.42 Å². The Morgan fingerprint density at radius 1 is 1.44 bits per heavy atom. The van der Waals surface area contributed by atoms with Crippen LogP contribution in [0, 0.1) is 10.6 Å². The van der Waals surface area contributed by atoms with Crippen molar-refractivity contribution in [3.05, 3.63) is 22.6 Å². The van der Waals surface area contributed by atoms with Gasteiger partial charge in [-0.3, -0.25) is 0 Å². The zero-order chi connectivity index (χ0) is 11.5. The SMILES string of the molecule is CC(C)Cc1cc(=S)nc(-c2cn[nH]n2)[nH]1. The van der Waals surface area contributed by atoms with E-state index in [-0.39, 0.29) is 0 Å². The maximum atomic E-state index is 5.12. The van der Waals surface area contributed by atoms with Crippen molar-refractivity contribution in [2.24, 2.45) is 5.92 Å². The van der Waals surface area contributed by atoms with Crippen LogP contribution < -0.4 is 0 Å². The van der Waals surface area contributed by atoms with Crippen molar-refractivity contribution in [3.8, 4) is 11.5 Å². The molecule has 0 fully saturated rings. The third-order valence-electron chi connectivity index (χ3n) is 2.08. The van der Waals surface area contributed by atoms with E-state index in [0.29, 0.717) is 22.1 Å². The molecule has 2 aromatic rings. The van der Waals surface area contributed by atoms with E-state index in [9.17, 15) is 0 Å². The maximum Gasteiger partial charge on any atom is 0.161 e. The van der Waals surface area contributed by atoms with Gasteiger partial charge in [0.2, 0.25) is 0 Å². The minimum atomic E-state index is 0.568. The van der Waals surface area contributed by atoms with Gasteiger partial charge < -0.3 is 4.98 Å². The molecule has 0 bridgehead atoms. The largest absolute Gasteiger partial charge is 0.342 e. The smallest absolute Gasteiger partial charge is 0.161 e. The van der Waals surface area contributed by atoms with Gasteiger partial charge in [0.25, 0.3) is 0 Å².